The Morgan fingerprint density at radius 1 is 0.727 bits per heavy atom. The first kappa shape index (κ1) is 16.9. The number of hydrogen-bond donors (Lipinski definition) is 0. The molecule has 2 aromatic carbocycles. The monoisotopic (exact) mass is 298 g/mol. The summed E-state index contributed by atoms with van der Waals surface area (Å²) in [4.78, 5) is 0. The summed E-state index contributed by atoms with van der Waals surface area (Å²) in [6.07, 6.45) is 10.4. The van der Waals surface area contributed by atoms with E-state index in [1.165, 1.54) is 61.3 Å². The molecule has 0 atom stereocenters. The molecule has 0 N–H and O–H groups in total. The summed E-state index contributed by atoms with van der Waals surface area (Å²) in [5.41, 5.74) is 1.39. The average molecular weight is 298 g/mol. The van der Waals surface area contributed by atoms with Gasteiger partial charge in [-0.2, -0.15) is 0 Å². The highest BCUT2D eigenvalue weighted by Gasteiger charge is 1.99. The van der Waals surface area contributed by atoms with Crippen LogP contribution in [0, 0.1) is 0 Å². The Labute approximate surface area is 135 Å². The molecule has 1 heteroatoms. The maximum Gasteiger partial charge on any atom is 0.119 e. The van der Waals surface area contributed by atoms with Crippen LogP contribution in [0.25, 0.3) is 10.8 Å². The molecule has 0 saturated carbocycles. The van der Waals surface area contributed by atoms with Crippen LogP contribution in [0.3, 0.4) is 0 Å². The molecule has 0 aliphatic carbocycles. The largest absolute Gasteiger partial charge is 0.494 e. The Kier molecular flexibility index (Phi) is 7.28. The zero-order valence-electron chi connectivity index (χ0n) is 14.2. The first-order valence-electron chi connectivity index (χ1n) is 8.99. The Morgan fingerprint density at radius 3 is 2.18 bits per heavy atom. The number of hydrogen-bond acceptors (Lipinski definition) is 1. The molecule has 2 aromatic rings. The summed E-state index contributed by atoms with van der Waals surface area (Å²) in [7, 11) is 0. The fourth-order valence-electron chi connectivity index (χ4n) is 2.83. The molecule has 0 spiro atoms. The molecule has 0 unspecified atom stereocenters. The molecule has 0 bridgehead atoms. The lowest BCUT2D eigenvalue weighted by Gasteiger charge is -2.08. The van der Waals surface area contributed by atoms with Crippen LogP contribution < -0.4 is 4.74 Å². The third kappa shape index (κ3) is 5.36. The van der Waals surface area contributed by atoms with E-state index in [-0.39, 0.29) is 0 Å². The van der Waals surface area contributed by atoms with Crippen LogP contribution in [0.2, 0.25) is 0 Å². The first-order valence-corrected chi connectivity index (χ1v) is 8.99. The maximum absolute atomic E-state index is 5.90. The van der Waals surface area contributed by atoms with Gasteiger partial charge in [0.2, 0.25) is 0 Å². The van der Waals surface area contributed by atoms with Crippen molar-refractivity contribution in [1.29, 1.82) is 0 Å². The van der Waals surface area contributed by atoms with Gasteiger partial charge in [-0.3, -0.25) is 0 Å². The lowest BCUT2D eigenvalue weighted by atomic mass is 10.1. The zero-order chi connectivity index (χ0) is 15.6. The quantitative estimate of drug-likeness (QED) is 0.453. The number of rotatable bonds is 10. The second-order valence-electron chi connectivity index (χ2n) is 6.17. The standard InChI is InChI=1S/C21H30O/c1-3-5-6-7-8-9-10-15-22-21-14-13-19-16-18(4-2)11-12-20(19)17-21/h11-14,16-17H,3-10,15H2,1-2H3. The molecule has 120 valence electrons. The molecule has 0 aromatic heterocycles. The van der Waals surface area contributed by atoms with Crippen LogP contribution in [-0.2, 0) is 6.42 Å². The van der Waals surface area contributed by atoms with Crippen molar-refractivity contribution in [1.82, 2.24) is 0 Å². The third-order valence-corrected chi connectivity index (χ3v) is 4.30. The third-order valence-electron chi connectivity index (χ3n) is 4.30. The fourth-order valence-corrected chi connectivity index (χ4v) is 2.83. The van der Waals surface area contributed by atoms with Crippen molar-refractivity contribution in [3.63, 3.8) is 0 Å². The second kappa shape index (κ2) is 9.50. The van der Waals surface area contributed by atoms with Crippen molar-refractivity contribution >= 4 is 10.8 Å². The van der Waals surface area contributed by atoms with E-state index in [1.807, 2.05) is 0 Å². The van der Waals surface area contributed by atoms with Gasteiger partial charge < -0.3 is 4.74 Å². The zero-order valence-corrected chi connectivity index (χ0v) is 14.2. The molecule has 22 heavy (non-hydrogen) atoms. The lowest BCUT2D eigenvalue weighted by Crippen LogP contribution is -1.97. The predicted molar refractivity (Wildman–Crippen MR) is 96.8 cm³/mol. The molecular formula is C21H30O. The molecule has 0 radical (unpaired) electrons. The van der Waals surface area contributed by atoms with Crippen LogP contribution >= 0.6 is 0 Å². The highest BCUT2D eigenvalue weighted by atomic mass is 16.5. The predicted octanol–water partition coefficient (Wildman–Crippen LogP) is 6.53. The number of aryl methyl sites for hydroxylation is 1. The van der Waals surface area contributed by atoms with Crippen LogP contribution in [0.4, 0.5) is 0 Å². The van der Waals surface area contributed by atoms with E-state index in [0.29, 0.717) is 0 Å². The Bertz CT molecular complexity index is 559. The van der Waals surface area contributed by atoms with E-state index >= 15 is 0 Å². The maximum atomic E-state index is 5.90. The summed E-state index contributed by atoms with van der Waals surface area (Å²) in [6.45, 7) is 5.30. The molecule has 1 nitrogen and oxygen atoms in total. The van der Waals surface area contributed by atoms with Gasteiger partial charge >= 0.3 is 0 Å². The molecule has 0 heterocycles. The van der Waals surface area contributed by atoms with E-state index in [9.17, 15) is 0 Å². The molecule has 0 fully saturated rings. The SMILES string of the molecule is CCCCCCCCCOc1ccc2cc(CC)ccc2c1. The minimum atomic E-state index is 0.840. The molecule has 0 saturated heterocycles. The fraction of sp³-hybridized carbons (Fsp3) is 0.524. The van der Waals surface area contributed by atoms with E-state index in [1.54, 1.807) is 0 Å². The van der Waals surface area contributed by atoms with E-state index in [4.69, 9.17) is 4.74 Å². The molecule has 0 amide bonds. The van der Waals surface area contributed by atoms with E-state index in [0.717, 1.165) is 18.8 Å². The van der Waals surface area contributed by atoms with Crippen LogP contribution in [0.15, 0.2) is 36.4 Å². The van der Waals surface area contributed by atoms with Crippen molar-refractivity contribution < 1.29 is 4.74 Å². The first-order chi connectivity index (χ1) is 10.8. The van der Waals surface area contributed by atoms with Crippen molar-refractivity contribution in [2.45, 2.75) is 65.2 Å². The topological polar surface area (TPSA) is 9.23 Å². The minimum absolute atomic E-state index is 0.840. The van der Waals surface area contributed by atoms with Crippen LogP contribution in [-0.4, -0.2) is 6.61 Å². The molecule has 2 rings (SSSR count). The second-order valence-corrected chi connectivity index (χ2v) is 6.17. The van der Waals surface area contributed by atoms with Gasteiger partial charge in [0.1, 0.15) is 5.75 Å². The number of ether oxygens (including phenoxy) is 1. The highest BCUT2D eigenvalue weighted by Crippen LogP contribution is 2.22. The molecule has 0 aliphatic rings. The summed E-state index contributed by atoms with van der Waals surface area (Å²) >= 11 is 0. The van der Waals surface area contributed by atoms with Gasteiger partial charge in [0.05, 0.1) is 6.61 Å². The van der Waals surface area contributed by atoms with Gasteiger partial charge in [-0.1, -0.05) is 76.6 Å². The van der Waals surface area contributed by atoms with Gasteiger partial charge in [-0.15, -0.1) is 0 Å². The van der Waals surface area contributed by atoms with Crippen LogP contribution in [0.1, 0.15) is 64.4 Å². The van der Waals surface area contributed by atoms with Gasteiger partial charge in [-0.05, 0) is 41.3 Å². The highest BCUT2D eigenvalue weighted by molar-refractivity contribution is 5.84. The summed E-state index contributed by atoms with van der Waals surface area (Å²) in [5.74, 6) is 1.00. The van der Waals surface area contributed by atoms with Crippen LogP contribution in [0.5, 0.6) is 5.75 Å². The smallest absolute Gasteiger partial charge is 0.119 e. The van der Waals surface area contributed by atoms with Gasteiger partial charge in [-0.25, -0.2) is 0 Å². The molecular weight excluding hydrogens is 268 g/mol. The van der Waals surface area contributed by atoms with Crippen molar-refractivity contribution in [2.24, 2.45) is 0 Å². The Hall–Kier alpha value is -1.50. The Morgan fingerprint density at radius 2 is 1.41 bits per heavy atom. The van der Waals surface area contributed by atoms with Crippen molar-refractivity contribution in [3.05, 3.63) is 42.0 Å². The summed E-state index contributed by atoms with van der Waals surface area (Å²) in [5, 5.41) is 2.58. The number of unbranched alkanes of at least 4 members (excludes halogenated alkanes) is 6. The van der Waals surface area contributed by atoms with Gasteiger partial charge in [0.25, 0.3) is 0 Å². The van der Waals surface area contributed by atoms with Crippen molar-refractivity contribution in [2.75, 3.05) is 6.61 Å². The summed E-state index contributed by atoms with van der Waals surface area (Å²) < 4.78 is 5.90. The van der Waals surface area contributed by atoms with E-state index in [2.05, 4.69) is 50.2 Å². The molecule has 0 aliphatic heterocycles. The summed E-state index contributed by atoms with van der Waals surface area (Å²) in [6, 6.07) is 13.1. The minimum Gasteiger partial charge on any atom is -0.494 e. The van der Waals surface area contributed by atoms with E-state index < -0.39 is 0 Å². The van der Waals surface area contributed by atoms with Gasteiger partial charge in [0, 0.05) is 0 Å². The normalized spacial score (nSPS) is 11.0. The lowest BCUT2D eigenvalue weighted by molar-refractivity contribution is 0.304. The number of fused-ring (bicyclic) bond motifs is 1. The Balaban J connectivity index is 1.73. The average Bonchev–Trinajstić information content (AvgIpc) is 2.56. The van der Waals surface area contributed by atoms with Crippen molar-refractivity contribution in [3.8, 4) is 5.75 Å². The van der Waals surface area contributed by atoms with Gasteiger partial charge in [0.15, 0.2) is 0 Å². The number of benzene rings is 2.